The van der Waals surface area contributed by atoms with E-state index >= 15 is 0 Å². The molecule has 0 saturated carbocycles. The van der Waals surface area contributed by atoms with Crippen molar-refractivity contribution in [1.29, 1.82) is 0 Å². The molecule has 2 amide bonds. The quantitative estimate of drug-likeness (QED) is 0.818. The minimum absolute atomic E-state index is 0.163. The van der Waals surface area contributed by atoms with Crippen LogP contribution in [0.1, 0.15) is 34.1 Å². The van der Waals surface area contributed by atoms with Crippen LogP contribution in [0, 0.1) is 5.92 Å². The first kappa shape index (κ1) is 13.8. The smallest absolute Gasteiger partial charge is 0.329 e. The van der Waals surface area contributed by atoms with E-state index in [1.54, 1.807) is 18.7 Å². The summed E-state index contributed by atoms with van der Waals surface area (Å²) in [6, 6.07) is -0.163. The van der Waals surface area contributed by atoms with Gasteiger partial charge in [0.25, 0.3) is 0 Å². The van der Waals surface area contributed by atoms with Crippen molar-refractivity contribution >= 4 is 12.0 Å². The summed E-state index contributed by atoms with van der Waals surface area (Å²) in [6.45, 7) is 8.90. The molecule has 1 N–H and O–H groups in total. The number of amides is 2. The van der Waals surface area contributed by atoms with Crippen LogP contribution in [0.15, 0.2) is 0 Å². The summed E-state index contributed by atoms with van der Waals surface area (Å²) in [7, 11) is 0. The molecular formula is C12H22N2O3. The Morgan fingerprint density at radius 3 is 2.41 bits per heavy atom. The average Bonchev–Trinajstić information content (AvgIpc) is 2.65. The van der Waals surface area contributed by atoms with Crippen LogP contribution in [0.4, 0.5) is 4.79 Å². The van der Waals surface area contributed by atoms with E-state index in [4.69, 9.17) is 0 Å². The van der Waals surface area contributed by atoms with Crippen LogP contribution in [0.5, 0.6) is 0 Å². The number of carboxylic acid groups (broad SMARTS) is 1. The van der Waals surface area contributed by atoms with Gasteiger partial charge in [0.2, 0.25) is 0 Å². The maximum atomic E-state index is 12.3. The Balaban J connectivity index is 2.81. The molecule has 0 bridgehead atoms. The Morgan fingerprint density at radius 2 is 2.06 bits per heavy atom. The molecule has 0 aliphatic carbocycles. The van der Waals surface area contributed by atoms with E-state index in [1.807, 2.05) is 6.92 Å². The highest BCUT2D eigenvalue weighted by molar-refractivity contribution is 5.85. The summed E-state index contributed by atoms with van der Waals surface area (Å²) in [6.07, 6.45) is 0.997. The Labute approximate surface area is 102 Å². The lowest BCUT2D eigenvalue weighted by Crippen LogP contribution is -2.56. The average molecular weight is 242 g/mol. The van der Waals surface area contributed by atoms with Crippen molar-refractivity contribution in [3.63, 3.8) is 0 Å². The van der Waals surface area contributed by atoms with Crippen molar-refractivity contribution in [2.75, 3.05) is 19.6 Å². The first-order valence-electron chi connectivity index (χ1n) is 6.10. The van der Waals surface area contributed by atoms with Gasteiger partial charge >= 0.3 is 12.0 Å². The van der Waals surface area contributed by atoms with E-state index in [0.29, 0.717) is 12.5 Å². The summed E-state index contributed by atoms with van der Waals surface area (Å²) in [5.74, 6) is -0.467. The number of urea groups is 1. The van der Waals surface area contributed by atoms with E-state index in [0.717, 1.165) is 19.5 Å². The van der Waals surface area contributed by atoms with Gasteiger partial charge in [0.1, 0.15) is 5.54 Å². The van der Waals surface area contributed by atoms with Gasteiger partial charge in [0.05, 0.1) is 0 Å². The van der Waals surface area contributed by atoms with Gasteiger partial charge < -0.3 is 14.9 Å². The van der Waals surface area contributed by atoms with Crippen molar-refractivity contribution in [2.24, 2.45) is 5.92 Å². The third-order valence-electron chi connectivity index (χ3n) is 3.44. The minimum Gasteiger partial charge on any atom is -0.480 e. The Morgan fingerprint density at radius 1 is 1.47 bits per heavy atom. The molecule has 0 aromatic rings. The standard InChI is InChI=1S/C12H22N2O3/c1-5-14(12(3,4)10(15)16)11(17)13-7-6-9(2)8-13/h9H,5-8H2,1-4H3,(H,15,16). The summed E-state index contributed by atoms with van der Waals surface area (Å²) in [5.41, 5.74) is -1.16. The number of carboxylic acids is 1. The van der Waals surface area contributed by atoms with Gasteiger partial charge in [-0.2, -0.15) is 0 Å². The molecule has 0 spiro atoms. The zero-order valence-electron chi connectivity index (χ0n) is 11.1. The fourth-order valence-corrected chi connectivity index (χ4v) is 2.16. The molecule has 0 aromatic heterocycles. The lowest BCUT2D eigenvalue weighted by molar-refractivity contribution is -0.147. The van der Waals surface area contributed by atoms with Crippen LogP contribution >= 0.6 is 0 Å². The molecule has 98 valence electrons. The molecular weight excluding hydrogens is 220 g/mol. The van der Waals surface area contributed by atoms with E-state index in [9.17, 15) is 14.7 Å². The van der Waals surface area contributed by atoms with Crippen molar-refractivity contribution in [3.8, 4) is 0 Å². The van der Waals surface area contributed by atoms with Gasteiger partial charge in [-0.1, -0.05) is 6.92 Å². The number of hydrogen-bond acceptors (Lipinski definition) is 2. The van der Waals surface area contributed by atoms with E-state index in [-0.39, 0.29) is 6.03 Å². The lowest BCUT2D eigenvalue weighted by atomic mass is 10.0. The zero-order valence-corrected chi connectivity index (χ0v) is 11.1. The van der Waals surface area contributed by atoms with Gasteiger partial charge in [-0.3, -0.25) is 0 Å². The third kappa shape index (κ3) is 2.70. The summed E-state index contributed by atoms with van der Waals surface area (Å²) < 4.78 is 0. The first-order chi connectivity index (χ1) is 7.80. The van der Waals surface area contributed by atoms with Crippen molar-refractivity contribution in [3.05, 3.63) is 0 Å². The Bertz CT molecular complexity index is 315. The molecule has 1 saturated heterocycles. The minimum atomic E-state index is -1.16. The summed E-state index contributed by atoms with van der Waals surface area (Å²) >= 11 is 0. The molecule has 1 unspecified atom stereocenters. The fourth-order valence-electron chi connectivity index (χ4n) is 2.16. The lowest BCUT2D eigenvalue weighted by Gasteiger charge is -2.36. The topological polar surface area (TPSA) is 60.9 Å². The van der Waals surface area contributed by atoms with E-state index < -0.39 is 11.5 Å². The number of aliphatic carboxylic acids is 1. The van der Waals surface area contributed by atoms with Crippen LogP contribution < -0.4 is 0 Å². The van der Waals surface area contributed by atoms with Crippen LogP contribution in [0.2, 0.25) is 0 Å². The second-order valence-electron chi connectivity index (χ2n) is 5.23. The highest BCUT2D eigenvalue weighted by atomic mass is 16.4. The SMILES string of the molecule is CCN(C(=O)N1CCC(C)C1)C(C)(C)C(=O)O. The highest BCUT2D eigenvalue weighted by Crippen LogP contribution is 2.21. The molecule has 1 fully saturated rings. The van der Waals surface area contributed by atoms with Gasteiger partial charge in [0.15, 0.2) is 0 Å². The van der Waals surface area contributed by atoms with Crippen LogP contribution in [-0.2, 0) is 4.79 Å². The maximum Gasteiger partial charge on any atom is 0.329 e. The number of hydrogen-bond donors (Lipinski definition) is 1. The first-order valence-corrected chi connectivity index (χ1v) is 6.10. The molecule has 1 aliphatic heterocycles. The second kappa shape index (κ2) is 4.94. The van der Waals surface area contributed by atoms with E-state index in [1.165, 1.54) is 4.90 Å². The largest absolute Gasteiger partial charge is 0.480 e. The Hall–Kier alpha value is -1.26. The van der Waals surface area contributed by atoms with Gasteiger partial charge in [-0.15, -0.1) is 0 Å². The maximum absolute atomic E-state index is 12.3. The number of carbonyl (C=O) groups excluding carboxylic acids is 1. The van der Waals surface area contributed by atoms with Crippen molar-refractivity contribution in [1.82, 2.24) is 9.80 Å². The number of nitrogens with zero attached hydrogens (tertiary/aromatic N) is 2. The molecule has 17 heavy (non-hydrogen) atoms. The fraction of sp³-hybridized carbons (Fsp3) is 0.833. The number of likely N-dealkylation sites (N-methyl/N-ethyl adjacent to an activating group) is 1. The highest BCUT2D eigenvalue weighted by Gasteiger charge is 2.39. The van der Waals surface area contributed by atoms with Crippen LogP contribution in [-0.4, -0.2) is 52.1 Å². The molecule has 0 radical (unpaired) electrons. The number of rotatable bonds is 3. The molecule has 5 heteroatoms. The molecule has 1 heterocycles. The zero-order chi connectivity index (χ0) is 13.2. The van der Waals surface area contributed by atoms with E-state index in [2.05, 4.69) is 6.92 Å². The normalized spacial score (nSPS) is 20.5. The van der Waals surface area contributed by atoms with Gasteiger partial charge in [-0.05, 0) is 33.1 Å². The number of likely N-dealkylation sites (tertiary alicyclic amines) is 1. The summed E-state index contributed by atoms with van der Waals surface area (Å²) in [5, 5.41) is 9.17. The van der Waals surface area contributed by atoms with Gasteiger partial charge in [0, 0.05) is 19.6 Å². The number of carbonyl (C=O) groups is 2. The van der Waals surface area contributed by atoms with Crippen molar-refractivity contribution < 1.29 is 14.7 Å². The Kier molecular flexibility index (Phi) is 4.01. The van der Waals surface area contributed by atoms with Crippen LogP contribution in [0.3, 0.4) is 0 Å². The van der Waals surface area contributed by atoms with Crippen molar-refractivity contribution in [2.45, 2.75) is 39.7 Å². The monoisotopic (exact) mass is 242 g/mol. The predicted octanol–water partition coefficient (Wildman–Crippen LogP) is 1.63. The molecule has 0 aromatic carbocycles. The summed E-state index contributed by atoms with van der Waals surface area (Å²) in [4.78, 5) is 26.6. The molecule has 1 rings (SSSR count). The molecule has 1 atom stereocenters. The molecule has 5 nitrogen and oxygen atoms in total. The van der Waals surface area contributed by atoms with Gasteiger partial charge in [-0.25, -0.2) is 9.59 Å². The predicted molar refractivity (Wildman–Crippen MR) is 64.8 cm³/mol. The second-order valence-corrected chi connectivity index (χ2v) is 5.23. The van der Waals surface area contributed by atoms with Crippen LogP contribution in [0.25, 0.3) is 0 Å². The molecule has 1 aliphatic rings. The third-order valence-corrected chi connectivity index (χ3v) is 3.44.